The summed E-state index contributed by atoms with van der Waals surface area (Å²) in [4.78, 5) is 24.8. The molecule has 2 aromatic carbocycles. The first-order valence-corrected chi connectivity index (χ1v) is 11.5. The van der Waals surface area contributed by atoms with Crippen molar-refractivity contribution < 1.29 is 19.1 Å². The van der Waals surface area contributed by atoms with Gasteiger partial charge < -0.3 is 14.8 Å². The summed E-state index contributed by atoms with van der Waals surface area (Å²) in [5, 5.41) is 2.86. The fourth-order valence-electron chi connectivity index (χ4n) is 3.72. The largest absolute Gasteiger partial charge is 0.494 e. The third-order valence-electron chi connectivity index (χ3n) is 5.59. The standard InChI is InChI=1S/C26H33NO4/c1-2-3-4-8-19-30-23-17-13-20(14-18-23)25(28)27-22-15-11-21(12-16-22)26(29)31-24-9-6-5-7-10-24/h11-18,24H,2-10,19H2,1H3,(H,27,28). The van der Waals surface area contributed by atoms with Gasteiger partial charge in [0.05, 0.1) is 12.2 Å². The fourth-order valence-corrected chi connectivity index (χ4v) is 3.72. The van der Waals surface area contributed by atoms with Gasteiger partial charge in [0.15, 0.2) is 0 Å². The van der Waals surface area contributed by atoms with Crippen molar-refractivity contribution in [2.75, 3.05) is 11.9 Å². The molecule has 1 aliphatic carbocycles. The van der Waals surface area contributed by atoms with Gasteiger partial charge >= 0.3 is 5.97 Å². The van der Waals surface area contributed by atoms with Gasteiger partial charge in [0.1, 0.15) is 11.9 Å². The lowest BCUT2D eigenvalue weighted by Crippen LogP contribution is -2.20. The molecule has 3 rings (SSSR count). The first kappa shape index (κ1) is 22.9. The van der Waals surface area contributed by atoms with Crippen molar-refractivity contribution in [3.63, 3.8) is 0 Å². The van der Waals surface area contributed by atoms with Crippen LogP contribution in [-0.4, -0.2) is 24.6 Å². The number of hydrogen-bond donors (Lipinski definition) is 1. The van der Waals surface area contributed by atoms with E-state index in [-0.39, 0.29) is 18.0 Å². The maximum absolute atomic E-state index is 12.5. The van der Waals surface area contributed by atoms with Crippen LogP contribution >= 0.6 is 0 Å². The maximum Gasteiger partial charge on any atom is 0.338 e. The van der Waals surface area contributed by atoms with Crippen LogP contribution in [0.4, 0.5) is 5.69 Å². The minimum absolute atomic E-state index is 0.0314. The Kier molecular flexibility index (Phi) is 8.95. The third kappa shape index (κ3) is 7.42. The van der Waals surface area contributed by atoms with Gasteiger partial charge in [-0.15, -0.1) is 0 Å². The van der Waals surface area contributed by atoms with Crippen molar-refractivity contribution in [3.8, 4) is 5.75 Å². The highest BCUT2D eigenvalue weighted by Gasteiger charge is 2.18. The van der Waals surface area contributed by atoms with E-state index in [1.165, 1.54) is 25.7 Å². The summed E-state index contributed by atoms with van der Waals surface area (Å²) in [6.45, 7) is 2.88. The molecule has 31 heavy (non-hydrogen) atoms. The van der Waals surface area contributed by atoms with Crippen LogP contribution in [0.2, 0.25) is 0 Å². The summed E-state index contributed by atoms with van der Waals surface area (Å²) < 4.78 is 11.3. The van der Waals surface area contributed by atoms with E-state index in [4.69, 9.17) is 9.47 Å². The normalized spacial score (nSPS) is 14.1. The molecule has 0 heterocycles. The number of esters is 1. The van der Waals surface area contributed by atoms with Gasteiger partial charge in [0.25, 0.3) is 5.91 Å². The van der Waals surface area contributed by atoms with Gasteiger partial charge in [0.2, 0.25) is 0 Å². The van der Waals surface area contributed by atoms with Crippen LogP contribution in [0, 0.1) is 0 Å². The zero-order chi connectivity index (χ0) is 21.9. The second-order valence-corrected chi connectivity index (χ2v) is 8.13. The lowest BCUT2D eigenvalue weighted by atomic mass is 9.98. The average Bonchev–Trinajstić information content (AvgIpc) is 2.80. The zero-order valence-corrected chi connectivity index (χ0v) is 18.4. The van der Waals surface area contributed by atoms with Crippen molar-refractivity contribution >= 4 is 17.6 Å². The third-order valence-corrected chi connectivity index (χ3v) is 5.59. The van der Waals surface area contributed by atoms with Gasteiger partial charge in [-0.3, -0.25) is 4.79 Å². The summed E-state index contributed by atoms with van der Waals surface area (Å²) in [7, 11) is 0. The predicted molar refractivity (Wildman–Crippen MR) is 123 cm³/mol. The molecule has 0 radical (unpaired) electrons. The van der Waals surface area contributed by atoms with Crippen LogP contribution in [0.3, 0.4) is 0 Å². The monoisotopic (exact) mass is 423 g/mol. The number of rotatable bonds is 10. The number of ether oxygens (including phenoxy) is 2. The molecule has 166 valence electrons. The SMILES string of the molecule is CCCCCCOc1ccc(C(=O)Nc2ccc(C(=O)OC3CCCCC3)cc2)cc1. The molecule has 5 heteroatoms. The second-order valence-electron chi connectivity index (χ2n) is 8.13. The molecule has 0 bridgehead atoms. The minimum atomic E-state index is -0.296. The Hall–Kier alpha value is -2.82. The molecule has 0 saturated heterocycles. The van der Waals surface area contributed by atoms with Gasteiger partial charge in [0, 0.05) is 11.3 Å². The number of hydrogen-bond acceptors (Lipinski definition) is 4. The van der Waals surface area contributed by atoms with Crippen LogP contribution in [0.5, 0.6) is 5.75 Å². The number of anilines is 1. The predicted octanol–water partition coefficient (Wildman–Crippen LogP) is 6.39. The van der Waals surface area contributed by atoms with Crippen molar-refractivity contribution in [2.45, 2.75) is 70.8 Å². The van der Waals surface area contributed by atoms with E-state index in [9.17, 15) is 9.59 Å². The molecule has 1 amide bonds. The van der Waals surface area contributed by atoms with Crippen molar-refractivity contribution in [2.24, 2.45) is 0 Å². The lowest BCUT2D eigenvalue weighted by Gasteiger charge is -2.21. The first-order valence-electron chi connectivity index (χ1n) is 11.5. The van der Waals surface area contributed by atoms with E-state index < -0.39 is 0 Å². The molecule has 5 nitrogen and oxygen atoms in total. The summed E-state index contributed by atoms with van der Waals surface area (Å²) >= 11 is 0. The van der Waals surface area contributed by atoms with E-state index in [1.54, 1.807) is 36.4 Å². The summed E-state index contributed by atoms with van der Waals surface area (Å²) in [6, 6.07) is 14.0. The average molecular weight is 424 g/mol. The molecule has 1 N–H and O–H groups in total. The highest BCUT2D eigenvalue weighted by Crippen LogP contribution is 2.22. The zero-order valence-electron chi connectivity index (χ0n) is 18.4. The molecule has 1 saturated carbocycles. The fraction of sp³-hybridized carbons (Fsp3) is 0.462. The van der Waals surface area contributed by atoms with Crippen LogP contribution < -0.4 is 10.1 Å². The second kappa shape index (κ2) is 12.1. The number of carbonyl (C=O) groups excluding carboxylic acids is 2. The Morgan fingerprint density at radius 1 is 0.871 bits per heavy atom. The van der Waals surface area contributed by atoms with Crippen LogP contribution in [0.15, 0.2) is 48.5 Å². The summed E-state index contributed by atoms with van der Waals surface area (Å²) in [6.07, 6.45) is 10.0. The molecule has 2 aromatic rings. The topological polar surface area (TPSA) is 64.6 Å². The quantitative estimate of drug-likeness (QED) is 0.355. The first-order chi connectivity index (χ1) is 15.2. The molecular weight excluding hydrogens is 390 g/mol. The lowest BCUT2D eigenvalue weighted by molar-refractivity contribution is 0.0211. The van der Waals surface area contributed by atoms with Crippen molar-refractivity contribution in [1.29, 1.82) is 0 Å². The van der Waals surface area contributed by atoms with E-state index in [1.807, 2.05) is 12.1 Å². The Labute approximate surface area is 185 Å². The summed E-state index contributed by atoms with van der Waals surface area (Å²) in [5.41, 5.74) is 1.69. The van der Waals surface area contributed by atoms with Crippen LogP contribution in [0.25, 0.3) is 0 Å². The number of nitrogens with one attached hydrogen (secondary N) is 1. The van der Waals surface area contributed by atoms with Crippen molar-refractivity contribution in [3.05, 3.63) is 59.7 Å². The van der Waals surface area contributed by atoms with Gasteiger partial charge in [-0.1, -0.05) is 32.6 Å². The molecular formula is C26H33NO4. The molecule has 0 atom stereocenters. The molecule has 1 fully saturated rings. The number of benzene rings is 2. The molecule has 0 aromatic heterocycles. The van der Waals surface area contributed by atoms with Crippen LogP contribution in [-0.2, 0) is 4.74 Å². The van der Waals surface area contributed by atoms with E-state index in [0.29, 0.717) is 23.4 Å². The maximum atomic E-state index is 12.5. The Bertz CT molecular complexity index is 823. The number of amides is 1. The highest BCUT2D eigenvalue weighted by molar-refractivity contribution is 6.04. The molecule has 0 aliphatic heterocycles. The highest BCUT2D eigenvalue weighted by atomic mass is 16.5. The van der Waals surface area contributed by atoms with E-state index in [2.05, 4.69) is 12.2 Å². The summed E-state index contributed by atoms with van der Waals surface area (Å²) in [5.74, 6) is 0.274. The van der Waals surface area contributed by atoms with Crippen LogP contribution in [0.1, 0.15) is 85.4 Å². The molecule has 0 spiro atoms. The number of unbranched alkanes of at least 4 members (excludes halogenated alkanes) is 3. The van der Waals surface area contributed by atoms with Gasteiger partial charge in [-0.2, -0.15) is 0 Å². The Balaban J connectivity index is 1.46. The number of carbonyl (C=O) groups is 2. The molecule has 0 unspecified atom stereocenters. The Morgan fingerprint density at radius 2 is 1.55 bits per heavy atom. The van der Waals surface area contributed by atoms with Gasteiger partial charge in [-0.05, 0) is 80.6 Å². The Morgan fingerprint density at radius 3 is 2.23 bits per heavy atom. The van der Waals surface area contributed by atoms with Crippen molar-refractivity contribution in [1.82, 2.24) is 0 Å². The van der Waals surface area contributed by atoms with Gasteiger partial charge in [-0.25, -0.2) is 4.79 Å². The smallest absolute Gasteiger partial charge is 0.338 e. The van der Waals surface area contributed by atoms with E-state index in [0.717, 1.165) is 37.9 Å². The molecule has 1 aliphatic rings. The van der Waals surface area contributed by atoms with E-state index >= 15 is 0 Å². The minimum Gasteiger partial charge on any atom is -0.494 e.